The fourth-order valence-corrected chi connectivity index (χ4v) is 1.82. The second kappa shape index (κ2) is 5.32. The van der Waals surface area contributed by atoms with E-state index in [1.54, 1.807) is 0 Å². The van der Waals surface area contributed by atoms with E-state index < -0.39 is 0 Å². The first kappa shape index (κ1) is 11.4. The molecule has 0 bridgehead atoms. The Morgan fingerprint density at radius 3 is 2.56 bits per heavy atom. The molecule has 3 nitrogen and oxygen atoms in total. The maximum atomic E-state index is 6.05. The molecule has 0 N–H and O–H groups in total. The maximum Gasteiger partial charge on any atom is 0.0557 e. The van der Waals surface area contributed by atoms with E-state index in [1.807, 2.05) is 30.5 Å². The number of piperazine rings is 1. The molecule has 0 amide bonds. The normalized spacial score (nSPS) is 18.2. The maximum absolute atomic E-state index is 6.05. The fraction of sp³-hybridized carbons (Fsp3) is 0.417. The molecule has 0 unspecified atom stereocenters. The van der Waals surface area contributed by atoms with E-state index in [0.717, 1.165) is 36.8 Å². The highest BCUT2D eigenvalue weighted by molar-refractivity contribution is 6.33. The van der Waals surface area contributed by atoms with Crippen LogP contribution in [0.1, 0.15) is 5.56 Å². The van der Waals surface area contributed by atoms with Crippen molar-refractivity contribution in [1.82, 2.24) is 9.91 Å². The summed E-state index contributed by atoms with van der Waals surface area (Å²) in [7, 11) is 2.13. The van der Waals surface area contributed by atoms with E-state index in [1.165, 1.54) is 0 Å². The van der Waals surface area contributed by atoms with Crippen LogP contribution in [0.4, 0.5) is 0 Å². The summed E-state index contributed by atoms with van der Waals surface area (Å²) in [6.45, 7) is 4.11. The van der Waals surface area contributed by atoms with Crippen LogP contribution in [-0.4, -0.2) is 49.4 Å². The van der Waals surface area contributed by atoms with Gasteiger partial charge in [0.25, 0.3) is 0 Å². The van der Waals surface area contributed by atoms with Gasteiger partial charge in [-0.25, -0.2) is 0 Å². The van der Waals surface area contributed by atoms with Gasteiger partial charge >= 0.3 is 0 Å². The van der Waals surface area contributed by atoms with Crippen molar-refractivity contribution in [3.8, 4) is 0 Å². The highest BCUT2D eigenvalue weighted by Crippen LogP contribution is 2.12. The lowest BCUT2D eigenvalue weighted by Crippen LogP contribution is -2.41. The summed E-state index contributed by atoms with van der Waals surface area (Å²) in [5, 5.41) is 7.28. The first-order valence-electron chi connectivity index (χ1n) is 5.48. The van der Waals surface area contributed by atoms with Gasteiger partial charge in [-0.3, -0.25) is 5.01 Å². The van der Waals surface area contributed by atoms with Gasteiger partial charge in [0.2, 0.25) is 0 Å². The fourth-order valence-electron chi connectivity index (χ4n) is 1.64. The molecule has 1 heterocycles. The molecule has 2 rings (SSSR count). The van der Waals surface area contributed by atoms with E-state index >= 15 is 0 Å². The number of likely N-dealkylation sites (N-methyl/N-ethyl adjacent to an activating group) is 1. The monoisotopic (exact) mass is 237 g/mol. The molecule has 1 aromatic rings. The van der Waals surface area contributed by atoms with E-state index in [9.17, 15) is 0 Å². The highest BCUT2D eigenvalue weighted by atomic mass is 35.5. The van der Waals surface area contributed by atoms with Crippen molar-refractivity contribution in [3.05, 3.63) is 34.9 Å². The molecule has 0 aromatic heterocycles. The standard InChI is InChI=1S/C12H16ClN3/c1-15-6-8-16(9-7-15)14-10-11-4-2-3-5-12(11)13/h2-5,10H,6-9H2,1H3. The Morgan fingerprint density at radius 1 is 1.19 bits per heavy atom. The molecule has 1 aliphatic heterocycles. The minimum absolute atomic E-state index is 0.750. The lowest BCUT2D eigenvalue weighted by atomic mass is 10.2. The molecule has 0 radical (unpaired) electrons. The van der Waals surface area contributed by atoms with Gasteiger partial charge in [-0.1, -0.05) is 29.8 Å². The zero-order chi connectivity index (χ0) is 11.4. The number of benzene rings is 1. The third-order valence-corrected chi connectivity index (χ3v) is 3.09. The Labute approximate surface area is 101 Å². The third-order valence-electron chi connectivity index (χ3n) is 2.75. The quantitative estimate of drug-likeness (QED) is 0.732. The van der Waals surface area contributed by atoms with Crippen molar-refractivity contribution in [3.63, 3.8) is 0 Å². The van der Waals surface area contributed by atoms with Crippen molar-refractivity contribution in [1.29, 1.82) is 0 Å². The lowest BCUT2D eigenvalue weighted by Gasteiger charge is -2.30. The first-order chi connectivity index (χ1) is 7.75. The smallest absolute Gasteiger partial charge is 0.0557 e. The number of hydrazone groups is 1. The summed E-state index contributed by atoms with van der Waals surface area (Å²) in [4.78, 5) is 2.31. The summed E-state index contributed by atoms with van der Waals surface area (Å²) in [5.74, 6) is 0. The van der Waals surface area contributed by atoms with Gasteiger partial charge in [0.1, 0.15) is 0 Å². The van der Waals surface area contributed by atoms with E-state index in [-0.39, 0.29) is 0 Å². The predicted molar refractivity (Wildman–Crippen MR) is 68.1 cm³/mol. The van der Waals surface area contributed by atoms with Gasteiger partial charge in [-0.2, -0.15) is 5.10 Å². The Bertz CT molecular complexity index is 370. The molecular weight excluding hydrogens is 222 g/mol. The molecule has 0 aliphatic carbocycles. The van der Waals surface area contributed by atoms with Gasteiger partial charge in [0, 0.05) is 36.8 Å². The largest absolute Gasteiger partial charge is 0.303 e. The highest BCUT2D eigenvalue weighted by Gasteiger charge is 2.10. The average molecular weight is 238 g/mol. The molecule has 0 saturated carbocycles. The second-order valence-electron chi connectivity index (χ2n) is 4.02. The summed E-state index contributed by atoms with van der Waals surface area (Å²) in [5.41, 5.74) is 0.975. The molecule has 1 aliphatic rings. The van der Waals surface area contributed by atoms with Crippen LogP contribution in [0.5, 0.6) is 0 Å². The number of rotatable bonds is 2. The molecule has 0 atom stereocenters. The molecule has 1 aromatic carbocycles. The molecule has 0 spiro atoms. The van der Waals surface area contributed by atoms with Crippen LogP contribution in [0.2, 0.25) is 5.02 Å². The summed E-state index contributed by atoms with van der Waals surface area (Å²) in [6.07, 6.45) is 1.84. The van der Waals surface area contributed by atoms with Gasteiger partial charge in [0.15, 0.2) is 0 Å². The third kappa shape index (κ3) is 2.97. The molecule has 16 heavy (non-hydrogen) atoms. The molecular formula is C12H16ClN3. The van der Waals surface area contributed by atoms with Crippen LogP contribution in [0.25, 0.3) is 0 Å². The topological polar surface area (TPSA) is 18.8 Å². The summed E-state index contributed by atoms with van der Waals surface area (Å²) < 4.78 is 0. The SMILES string of the molecule is CN1CCN(N=Cc2ccccc2Cl)CC1. The van der Waals surface area contributed by atoms with Crippen LogP contribution in [0.15, 0.2) is 29.4 Å². The molecule has 1 fully saturated rings. The zero-order valence-corrected chi connectivity index (χ0v) is 10.2. The average Bonchev–Trinajstić information content (AvgIpc) is 2.30. The van der Waals surface area contributed by atoms with Gasteiger partial charge in [-0.05, 0) is 13.1 Å². The molecule has 4 heteroatoms. The number of hydrogen-bond donors (Lipinski definition) is 0. The van der Waals surface area contributed by atoms with Gasteiger partial charge in [-0.15, -0.1) is 0 Å². The predicted octanol–water partition coefficient (Wildman–Crippen LogP) is 1.92. The molecule has 1 saturated heterocycles. The zero-order valence-electron chi connectivity index (χ0n) is 9.43. The van der Waals surface area contributed by atoms with Crippen molar-refractivity contribution < 1.29 is 0 Å². The lowest BCUT2D eigenvalue weighted by molar-refractivity contribution is 0.159. The Morgan fingerprint density at radius 2 is 1.88 bits per heavy atom. The number of nitrogens with zero attached hydrogens (tertiary/aromatic N) is 3. The number of halogens is 1. The van der Waals surface area contributed by atoms with Crippen LogP contribution in [0.3, 0.4) is 0 Å². The van der Waals surface area contributed by atoms with Crippen LogP contribution < -0.4 is 0 Å². The summed E-state index contributed by atoms with van der Waals surface area (Å²) in [6, 6.07) is 7.75. The Hall–Kier alpha value is -1.06. The number of hydrogen-bond acceptors (Lipinski definition) is 3. The first-order valence-corrected chi connectivity index (χ1v) is 5.85. The van der Waals surface area contributed by atoms with E-state index in [4.69, 9.17) is 11.6 Å². The van der Waals surface area contributed by atoms with Crippen molar-refractivity contribution in [2.45, 2.75) is 0 Å². The second-order valence-corrected chi connectivity index (χ2v) is 4.43. The van der Waals surface area contributed by atoms with Crippen molar-refractivity contribution >= 4 is 17.8 Å². The van der Waals surface area contributed by atoms with E-state index in [0.29, 0.717) is 0 Å². The minimum Gasteiger partial charge on any atom is -0.303 e. The van der Waals surface area contributed by atoms with Crippen molar-refractivity contribution in [2.24, 2.45) is 5.10 Å². The Balaban J connectivity index is 1.97. The van der Waals surface area contributed by atoms with Crippen molar-refractivity contribution in [2.75, 3.05) is 33.2 Å². The minimum atomic E-state index is 0.750. The van der Waals surface area contributed by atoms with Crippen LogP contribution in [0, 0.1) is 0 Å². The Kier molecular flexibility index (Phi) is 3.80. The van der Waals surface area contributed by atoms with E-state index in [2.05, 4.69) is 22.1 Å². The molecule has 86 valence electrons. The van der Waals surface area contributed by atoms with Gasteiger partial charge < -0.3 is 4.90 Å². The van der Waals surface area contributed by atoms with Gasteiger partial charge in [0.05, 0.1) is 6.21 Å². The van der Waals surface area contributed by atoms with Crippen LogP contribution in [-0.2, 0) is 0 Å². The van der Waals surface area contributed by atoms with Crippen LogP contribution >= 0.6 is 11.6 Å². The summed E-state index contributed by atoms with van der Waals surface area (Å²) >= 11 is 6.05.